The molecule has 1 saturated heterocycles. The van der Waals surface area contributed by atoms with Crippen LogP contribution in [0.1, 0.15) is 26.2 Å². The van der Waals surface area contributed by atoms with Gasteiger partial charge < -0.3 is 15.1 Å². The van der Waals surface area contributed by atoms with Crippen molar-refractivity contribution in [1.29, 1.82) is 0 Å². The fraction of sp³-hybridized carbons (Fsp3) is 0.900. The molecular formula is C10H19NO3. The first-order valence-corrected chi connectivity index (χ1v) is 5.20. The fourth-order valence-corrected chi connectivity index (χ4v) is 1.70. The van der Waals surface area contributed by atoms with Crippen LogP contribution in [0.15, 0.2) is 0 Å². The Hall–Kier alpha value is -0.610. The standard InChI is InChI=1S/C10H19NO3/c1-8(13)2-3-10(14)11-5-4-9(6-11)7-12/h8-9,12-13H,2-7H2,1H3. The summed E-state index contributed by atoms with van der Waals surface area (Å²) in [5, 5.41) is 17.9. The Labute approximate surface area is 84.5 Å². The number of nitrogens with zero attached hydrogens (tertiary/aromatic N) is 1. The molecule has 1 aliphatic rings. The van der Waals surface area contributed by atoms with Gasteiger partial charge in [0, 0.05) is 32.0 Å². The van der Waals surface area contributed by atoms with Crippen LogP contribution in [0.3, 0.4) is 0 Å². The number of hydrogen-bond donors (Lipinski definition) is 2. The highest BCUT2D eigenvalue weighted by Gasteiger charge is 2.25. The quantitative estimate of drug-likeness (QED) is 0.672. The normalized spacial score (nSPS) is 23.9. The summed E-state index contributed by atoms with van der Waals surface area (Å²) in [6.45, 7) is 3.28. The zero-order valence-electron chi connectivity index (χ0n) is 8.65. The van der Waals surface area contributed by atoms with Crippen molar-refractivity contribution >= 4 is 5.91 Å². The van der Waals surface area contributed by atoms with Crippen LogP contribution >= 0.6 is 0 Å². The zero-order valence-corrected chi connectivity index (χ0v) is 8.65. The van der Waals surface area contributed by atoms with E-state index in [1.165, 1.54) is 0 Å². The third-order valence-electron chi connectivity index (χ3n) is 2.67. The molecule has 1 heterocycles. The van der Waals surface area contributed by atoms with Crippen molar-refractivity contribution in [3.63, 3.8) is 0 Å². The molecule has 2 unspecified atom stereocenters. The fourth-order valence-electron chi connectivity index (χ4n) is 1.70. The predicted molar refractivity (Wildman–Crippen MR) is 52.7 cm³/mol. The SMILES string of the molecule is CC(O)CCC(=O)N1CCC(CO)C1. The molecule has 1 rings (SSSR count). The minimum absolute atomic E-state index is 0.0989. The molecule has 1 aliphatic heterocycles. The molecule has 1 fully saturated rings. The summed E-state index contributed by atoms with van der Waals surface area (Å²) in [7, 11) is 0. The molecule has 0 saturated carbocycles. The van der Waals surface area contributed by atoms with Crippen molar-refractivity contribution in [1.82, 2.24) is 4.90 Å². The Bertz CT molecular complexity index is 194. The number of aliphatic hydroxyl groups is 2. The largest absolute Gasteiger partial charge is 0.396 e. The lowest BCUT2D eigenvalue weighted by molar-refractivity contribution is -0.130. The average molecular weight is 201 g/mol. The molecule has 0 aliphatic carbocycles. The molecular weight excluding hydrogens is 182 g/mol. The van der Waals surface area contributed by atoms with Gasteiger partial charge in [0.15, 0.2) is 0 Å². The van der Waals surface area contributed by atoms with Gasteiger partial charge in [-0.1, -0.05) is 0 Å². The first-order valence-electron chi connectivity index (χ1n) is 5.20. The number of rotatable bonds is 4. The van der Waals surface area contributed by atoms with Crippen molar-refractivity contribution in [2.24, 2.45) is 5.92 Å². The summed E-state index contributed by atoms with van der Waals surface area (Å²) in [4.78, 5) is 13.3. The number of amides is 1. The Kier molecular flexibility index (Phi) is 4.35. The van der Waals surface area contributed by atoms with E-state index in [0.717, 1.165) is 13.0 Å². The predicted octanol–water partition coefficient (Wildman–Crippen LogP) is -0.0118. The molecule has 82 valence electrons. The van der Waals surface area contributed by atoms with E-state index in [1.807, 2.05) is 0 Å². The van der Waals surface area contributed by atoms with E-state index in [9.17, 15) is 4.79 Å². The van der Waals surface area contributed by atoms with Gasteiger partial charge in [0.25, 0.3) is 0 Å². The second kappa shape index (κ2) is 5.32. The Morgan fingerprint density at radius 3 is 2.86 bits per heavy atom. The van der Waals surface area contributed by atoms with E-state index in [4.69, 9.17) is 10.2 Å². The molecule has 0 bridgehead atoms. The summed E-state index contributed by atoms with van der Waals surface area (Å²) < 4.78 is 0. The molecule has 14 heavy (non-hydrogen) atoms. The highest BCUT2D eigenvalue weighted by molar-refractivity contribution is 5.76. The third-order valence-corrected chi connectivity index (χ3v) is 2.67. The van der Waals surface area contributed by atoms with E-state index in [0.29, 0.717) is 19.4 Å². The van der Waals surface area contributed by atoms with Crippen LogP contribution in [0.5, 0.6) is 0 Å². The molecule has 4 nitrogen and oxygen atoms in total. The summed E-state index contributed by atoms with van der Waals surface area (Å²) in [5.74, 6) is 0.354. The van der Waals surface area contributed by atoms with Gasteiger partial charge in [0.2, 0.25) is 5.91 Å². The minimum atomic E-state index is -0.407. The Morgan fingerprint density at radius 1 is 1.64 bits per heavy atom. The van der Waals surface area contributed by atoms with Gasteiger partial charge in [-0.3, -0.25) is 4.79 Å². The molecule has 0 aromatic carbocycles. The van der Waals surface area contributed by atoms with Crippen LogP contribution < -0.4 is 0 Å². The van der Waals surface area contributed by atoms with Crippen LogP contribution in [-0.4, -0.2) is 46.8 Å². The minimum Gasteiger partial charge on any atom is -0.396 e. The number of likely N-dealkylation sites (tertiary alicyclic amines) is 1. The highest BCUT2D eigenvalue weighted by atomic mass is 16.3. The summed E-state index contributed by atoms with van der Waals surface area (Å²) in [5.41, 5.74) is 0. The van der Waals surface area contributed by atoms with Gasteiger partial charge in [-0.2, -0.15) is 0 Å². The zero-order chi connectivity index (χ0) is 10.6. The monoisotopic (exact) mass is 201 g/mol. The number of aliphatic hydroxyl groups excluding tert-OH is 2. The van der Waals surface area contributed by atoms with Gasteiger partial charge in [-0.05, 0) is 19.8 Å². The summed E-state index contributed by atoms with van der Waals surface area (Å²) >= 11 is 0. The number of hydrogen-bond acceptors (Lipinski definition) is 3. The van der Waals surface area contributed by atoms with Crippen molar-refractivity contribution in [2.75, 3.05) is 19.7 Å². The second-order valence-corrected chi connectivity index (χ2v) is 4.06. The van der Waals surface area contributed by atoms with E-state index in [2.05, 4.69) is 0 Å². The molecule has 2 N–H and O–H groups in total. The van der Waals surface area contributed by atoms with Crippen molar-refractivity contribution in [3.05, 3.63) is 0 Å². The Balaban J connectivity index is 2.25. The first kappa shape index (κ1) is 11.5. The lowest BCUT2D eigenvalue weighted by Crippen LogP contribution is -2.29. The number of carbonyl (C=O) groups is 1. The van der Waals surface area contributed by atoms with Crippen molar-refractivity contribution < 1.29 is 15.0 Å². The maximum atomic E-state index is 11.5. The average Bonchev–Trinajstić information content (AvgIpc) is 2.62. The maximum Gasteiger partial charge on any atom is 0.222 e. The van der Waals surface area contributed by atoms with Gasteiger partial charge in [0.05, 0.1) is 6.10 Å². The third kappa shape index (κ3) is 3.27. The first-order chi connectivity index (χ1) is 6.63. The van der Waals surface area contributed by atoms with Crippen LogP contribution in [0.4, 0.5) is 0 Å². The van der Waals surface area contributed by atoms with E-state index in [-0.39, 0.29) is 18.4 Å². The second-order valence-electron chi connectivity index (χ2n) is 4.06. The van der Waals surface area contributed by atoms with Gasteiger partial charge in [-0.15, -0.1) is 0 Å². The van der Waals surface area contributed by atoms with E-state index in [1.54, 1.807) is 11.8 Å². The summed E-state index contributed by atoms with van der Waals surface area (Å²) in [6, 6.07) is 0. The molecule has 2 atom stereocenters. The van der Waals surface area contributed by atoms with Gasteiger partial charge in [0.1, 0.15) is 0 Å². The molecule has 4 heteroatoms. The summed E-state index contributed by atoms with van der Waals surface area (Å²) in [6.07, 6.45) is 1.43. The molecule has 0 spiro atoms. The Morgan fingerprint density at radius 2 is 2.36 bits per heavy atom. The van der Waals surface area contributed by atoms with Crippen molar-refractivity contribution in [3.8, 4) is 0 Å². The van der Waals surface area contributed by atoms with Gasteiger partial charge in [-0.25, -0.2) is 0 Å². The lowest BCUT2D eigenvalue weighted by Gasteiger charge is -2.16. The van der Waals surface area contributed by atoms with Crippen LogP contribution in [0.2, 0.25) is 0 Å². The van der Waals surface area contributed by atoms with Crippen LogP contribution in [0.25, 0.3) is 0 Å². The molecule has 0 radical (unpaired) electrons. The lowest BCUT2D eigenvalue weighted by atomic mass is 10.1. The number of carbonyl (C=O) groups excluding carboxylic acids is 1. The van der Waals surface area contributed by atoms with Crippen LogP contribution in [-0.2, 0) is 4.79 Å². The smallest absolute Gasteiger partial charge is 0.222 e. The highest BCUT2D eigenvalue weighted by Crippen LogP contribution is 2.16. The molecule has 0 aromatic rings. The molecule has 0 aromatic heterocycles. The van der Waals surface area contributed by atoms with Gasteiger partial charge >= 0.3 is 0 Å². The van der Waals surface area contributed by atoms with E-state index >= 15 is 0 Å². The topological polar surface area (TPSA) is 60.8 Å². The van der Waals surface area contributed by atoms with Crippen LogP contribution in [0, 0.1) is 5.92 Å². The van der Waals surface area contributed by atoms with E-state index < -0.39 is 6.10 Å². The van der Waals surface area contributed by atoms with Crippen molar-refractivity contribution in [2.45, 2.75) is 32.3 Å². The molecule has 1 amide bonds. The maximum absolute atomic E-state index is 11.5.